The minimum Gasteiger partial charge on any atom is -0.378 e. The highest BCUT2D eigenvalue weighted by Gasteiger charge is 2.62. The van der Waals surface area contributed by atoms with Crippen LogP contribution in [0.3, 0.4) is 0 Å². The molecule has 1 heterocycles. The second-order valence-electron chi connectivity index (χ2n) is 7.32. The van der Waals surface area contributed by atoms with E-state index in [0.29, 0.717) is 18.7 Å². The largest absolute Gasteiger partial charge is 0.378 e. The normalized spacial score (nSPS) is 22.4. The van der Waals surface area contributed by atoms with E-state index < -0.39 is 11.0 Å². The zero-order valence-corrected chi connectivity index (χ0v) is 18.3. The van der Waals surface area contributed by atoms with Gasteiger partial charge in [0.05, 0.1) is 6.10 Å². The lowest BCUT2D eigenvalue weighted by molar-refractivity contribution is -0.166. The van der Waals surface area contributed by atoms with E-state index in [2.05, 4.69) is 15.5 Å². The highest BCUT2D eigenvalue weighted by Crippen LogP contribution is 2.50. The van der Waals surface area contributed by atoms with Crippen molar-refractivity contribution in [2.24, 2.45) is 11.1 Å². The van der Waals surface area contributed by atoms with Crippen molar-refractivity contribution >= 4 is 36.4 Å². The molecule has 7 nitrogen and oxygen atoms in total. The summed E-state index contributed by atoms with van der Waals surface area (Å²) in [6, 6.07) is 7.58. The van der Waals surface area contributed by atoms with Gasteiger partial charge in [0.25, 0.3) is 0 Å². The highest BCUT2D eigenvalue weighted by molar-refractivity contribution is 6.00. The topological polar surface area (TPSA) is 95.1 Å². The molecule has 1 aliphatic carbocycles. The summed E-state index contributed by atoms with van der Waals surface area (Å²) in [5.74, 6) is 0.582. The fourth-order valence-corrected chi connectivity index (χ4v) is 3.51. The fraction of sp³-hybridized carbons (Fsp3) is 0.526. The van der Waals surface area contributed by atoms with Crippen LogP contribution in [0.5, 0.6) is 0 Å². The molecule has 9 heteroatoms. The number of rotatable bonds is 6. The number of nitrogens with zero attached hydrogens (tertiary/aromatic N) is 3. The first-order chi connectivity index (χ1) is 12.3. The van der Waals surface area contributed by atoms with E-state index in [0.717, 1.165) is 17.9 Å². The second kappa shape index (κ2) is 9.22. The molecule has 0 bridgehead atoms. The zero-order chi connectivity index (χ0) is 18.9. The van der Waals surface area contributed by atoms with Crippen molar-refractivity contribution in [3.05, 3.63) is 30.6 Å². The van der Waals surface area contributed by atoms with Gasteiger partial charge in [0.1, 0.15) is 11.9 Å². The number of halogens is 2. The SMILES string of the molecule is CCOC1CC(N)(C(=O)Nc2cccc(-c3nncn3CC)c2)C1(C)C.Cl.Cl. The van der Waals surface area contributed by atoms with E-state index in [1.807, 2.05) is 56.5 Å². The maximum Gasteiger partial charge on any atom is 0.245 e. The number of hydrogen-bond donors (Lipinski definition) is 2. The first-order valence-corrected chi connectivity index (χ1v) is 9.03. The number of nitrogens with one attached hydrogen (secondary N) is 1. The molecule has 1 saturated carbocycles. The van der Waals surface area contributed by atoms with Crippen LogP contribution in [0.4, 0.5) is 5.69 Å². The lowest BCUT2D eigenvalue weighted by Crippen LogP contribution is -2.74. The number of anilines is 1. The summed E-state index contributed by atoms with van der Waals surface area (Å²) >= 11 is 0. The Balaban J connectivity index is 0.00000196. The van der Waals surface area contributed by atoms with E-state index in [1.54, 1.807) is 6.33 Å². The minimum atomic E-state index is -0.952. The molecule has 28 heavy (non-hydrogen) atoms. The Morgan fingerprint density at radius 1 is 1.36 bits per heavy atom. The molecule has 1 aromatic carbocycles. The summed E-state index contributed by atoms with van der Waals surface area (Å²) < 4.78 is 7.66. The van der Waals surface area contributed by atoms with E-state index in [1.165, 1.54) is 0 Å². The van der Waals surface area contributed by atoms with E-state index in [9.17, 15) is 4.79 Å². The Hall–Kier alpha value is -1.67. The number of carbonyl (C=O) groups excluding carboxylic acids is 1. The van der Waals surface area contributed by atoms with Gasteiger partial charge in [-0.25, -0.2) is 0 Å². The third-order valence-electron chi connectivity index (χ3n) is 5.57. The first kappa shape index (κ1) is 24.4. The van der Waals surface area contributed by atoms with Crippen molar-refractivity contribution in [2.75, 3.05) is 11.9 Å². The molecule has 1 aromatic heterocycles. The molecular weight excluding hydrogens is 401 g/mol. The number of aromatic nitrogens is 3. The van der Waals surface area contributed by atoms with Crippen molar-refractivity contribution in [1.29, 1.82) is 0 Å². The third-order valence-corrected chi connectivity index (χ3v) is 5.57. The highest BCUT2D eigenvalue weighted by atomic mass is 35.5. The molecule has 3 rings (SSSR count). The van der Waals surface area contributed by atoms with Gasteiger partial charge in [0.15, 0.2) is 5.82 Å². The number of amides is 1. The van der Waals surface area contributed by atoms with Crippen molar-refractivity contribution in [2.45, 2.75) is 52.3 Å². The van der Waals surface area contributed by atoms with Gasteiger partial charge in [-0.3, -0.25) is 4.79 Å². The molecule has 0 radical (unpaired) electrons. The summed E-state index contributed by atoms with van der Waals surface area (Å²) in [5.41, 5.74) is 6.67. The standard InChI is InChI=1S/C19H27N5O2.2ClH/c1-5-24-12-21-23-16(24)13-8-7-9-14(10-13)22-17(25)19(20)11-15(26-6-2)18(19,3)4;;/h7-10,12,15H,5-6,11,20H2,1-4H3,(H,22,25);2*1H. The van der Waals surface area contributed by atoms with Crippen LogP contribution < -0.4 is 11.1 Å². The molecule has 2 aromatic rings. The molecule has 2 atom stereocenters. The molecule has 0 aliphatic heterocycles. The van der Waals surface area contributed by atoms with Crippen LogP contribution >= 0.6 is 24.8 Å². The molecule has 3 N–H and O–H groups in total. The molecular formula is C19H29Cl2N5O2. The average molecular weight is 430 g/mol. The zero-order valence-electron chi connectivity index (χ0n) is 16.6. The van der Waals surface area contributed by atoms with Crippen LogP contribution in [-0.4, -0.2) is 38.9 Å². The number of benzene rings is 1. The van der Waals surface area contributed by atoms with Gasteiger partial charge in [-0.1, -0.05) is 26.0 Å². The van der Waals surface area contributed by atoms with E-state index >= 15 is 0 Å². The summed E-state index contributed by atoms with van der Waals surface area (Å²) in [4.78, 5) is 12.9. The Labute approximate surface area is 178 Å². The lowest BCUT2D eigenvalue weighted by atomic mass is 9.54. The van der Waals surface area contributed by atoms with Gasteiger partial charge in [0, 0.05) is 36.2 Å². The molecule has 0 spiro atoms. The third kappa shape index (κ3) is 4.03. The van der Waals surface area contributed by atoms with Gasteiger partial charge in [-0.15, -0.1) is 35.0 Å². The quantitative estimate of drug-likeness (QED) is 0.734. The smallest absolute Gasteiger partial charge is 0.245 e. The van der Waals surface area contributed by atoms with Crippen LogP contribution in [0, 0.1) is 5.41 Å². The van der Waals surface area contributed by atoms with E-state index in [-0.39, 0.29) is 36.8 Å². The van der Waals surface area contributed by atoms with Gasteiger partial charge < -0.3 is 20.4 Å². The molecule has 156 valence electrons. The first-order valence-electron chi connectivity index (χ1n) is 9.03. The number of aryl methyl sites for hydroxylation is 1. The van der Waals surface area contributed by atoms with Crippen molar-refractivity contribution in [1.82, 2.24) is 14.8 Å². The summed E-state index contributed by atoms with van der Waals surface area (Å²) in [6.07, 6.45) is 2.21. The van der Waals surface area contributed by atoms with E-state index in [4.69, 9.17) is 10.5 Å². The molecule has 0 saturated heterocycles. The van der Waals surface area contributed by atoms with Crippen molar-refractivity contribution in [3.8, 4) is 11.4 Å². The Kier molecular flexibility index (Phi) is 8.02. The molecule has 1 aliphatic rings. The summed E-state index contributed by atoms with van der Waals surface area (Å²) in [7, 11) is 0. The van der Waals surface area contributed by atoms with Gasteiger partial charge in [-0.05, 0) is 26.0 Å². The van der Waals surface area contributed by atoms with Crippen LogP contribution in [0.15, 0.2) is 30.6 Å². The van der Waals surface area contributed by atoms with Crippen LogP contribution in [0.25, 0.3) is 11.4 Å². The maximum atomic E-state index is 12.9. The predicted molar refractivity (Wildman–Crippen MR) is 115 cm³/mol. The summed E-state index contributed by atoms with van der Waals surface area (Å²) in [6.45, 7) is 9.34. The van der Waals surface area contributed by atoms with Crippen molar-refractivity contribution < 1.29 is 9.53 Å². The van der Waals surface area contributed by atoms with Gasteiger partial charge in [-0.2, -0.15) is 0 Å². The minimum absolute atomic E-state index is 0. The molecule has 2 unspecified atom stereocenters. The van der Waals surface area contributed by atoms with Crippen molar-refractivity contribution in [3.63, 3.8) is 0 Å². The Bertz CT molecular complexity index is 811. The number of ether oxygens (including phenoxy) is 1. The lowest BCUT2D eigenvalue weighted by Gasteiger charge is -2.57. The number of hydrogen-bond acceptors (Lipinski definition) is 5. The number of carbonyl (C=O) groups is 1. The maximum absolute atomic E-state index is 12.9. The number of nitrogens with two attached hydrogens (primary N) is 1. The second-order valence-corrected chi connectivity index (χ2v) is 7.32. The van der Waals surface area contributed by atoms with Crippen LogP contribution in [-0.2, 0) is 16.1 Å². The Morgan fingerprint density at radius 2 is 2.07 bits per heavy atom. The van der Waals surface area contributed by atoms with Crippen LogP contribution in [0.1, 0.15) is 34.1 Å². The summed E-state index contributed by atoms with van der Waals surface area (Å²) in [5, 5.41) is 11.1. The Morgan fingerprint density at radius 3 is 2.68 bits per heavy atom. The fourth-order valence-electron chi connectivity index (χ4n) is 3.51. The predicted octanol–water partition coefficient (Wildman–Crippen LogP) is 3.28. The van der Waals surface area contributed by atoms with Gasteiger partial charge in [0.2, 0.25) is 5.91 Å². The van der Waals surface area contributed by atoms with Crippen LogP contribution in [0.2, 0.25) is 0 Å². The average Bonchev–Trinajstić information content (AvgIpc) is 3.10. The van der Waals surface area contributed by atoms with Gasteiger partial charge >= 0.3 is 0 Å². The molecule has 1 amide bonds. The molecule has 1 fully saturated rings. The monoisotopic (exact) mass is 429 g/mol.